The molecule has 5 fully saturated rings. The number of nitrogens with one attached hydrogen (secondary N) is 2. The minimum atomic E-state index is -2.86. The average Bonchev–Trinajstić information content (AvgIpc) is 3.99. The van der Waals surface area contributed by atoms with Crippen LogP contribution in [0, 0.1) is 11.8 Å². The van der Waals surface area contributed by atoms with Crippen molar-refractivity contribution in [3.63, 3.8) is 0 Å². The lowest BCUT2D eigenvalue weighted by atomic mass is 9.85. The summed E-state index contributed by atoms with van der Waals surface area (Å²) in [4.78, 5) is 63.6. The summed E-state index contributed by atoms with van der Waals surface area (Å²) in [7, 11) is 2.14. The topological polar surface area (TPSA) is 163 Å². The molecule has 2 atom stereocenters. The Balaban J connectivity index is 0.733. The summed E-state index contributed by atoms with van der Waals surface area (Å²) in [6, 6.07) is 6.20. The molecule has 7 heterocycles. The number of morpholine rings is 1. The number of nitrogens with zero attached hydrogens (tertiary/aromatic N) is 9. The number of carbonyl (C=O) groups is 4. The highest BCUT2D eigenvalue weighted by Gasteiger charge is 2.35. The third kappa shape index (κ3) is 8.99. The SMILES string of the molecule is CN(CCC1CCN(C(=O)c2ccc(Cl)c(N3CCC(=O)NC3=O)c2)CC1)CC1CCC(n2cc(NC(=O)c3cnn4ccc(N5CC6CCC(C5)O6)nc34)c(C(F)F)n2)CC1. The lowest BCUT2D eigenvalue weighted by Gasteiger charge is -2.34. The molecule has 4 saturated heterocycles. The number of hydrogen-bond acceptors (Lipinski definition) is 10. The molecule has 9 rings (SSSR count). The Labute approximate surface area is 362 Å². The van der Waals surface area contributed by atoms with Crippen molar-refractivity contribution in [2.24, 2.45) is 11.8 Å². The average molecular weight is 876 g/mol. The van der Waals surface area contributed by atoms with Crippen LogP contribution in [-0.2, 0) is 9.53 Å². The number of likely N-dealkylation sites (tertiary alicyclic amines) is 1. The predicted octanol–water partition coefficient (Wildman–Crippen LogP) is 6.19. The molecule has 4 aliphatic heterocycles. The minimum Gasteiger partial charge on any atom is -0.371 e. The molecule has 0 radical (unpaired) electrons. The molecule has 4 aromatic rings. The summed E-state index contributed by atoms with van der Waals surface area (Å²) < 4.78 is 37.7. The largest absolute Gasteiger partial charge is 0.371 e. The number of amides is 5. The van der Waals surface area contributed by atoms with E-state index in [4.69, 9.17) is 21.3 Å². The van der Waals surface area contributed by atoms with Crippen molar-refractivity contribution in [1.82, 2.24) is 39.5 Å². The lowest BCUT2D eigenvalue weighted by Crippen LogP contribution is -2.49. The first-order chi connectivity index (χ1) is 29.9. The highest BCUT2D eigenvalue weighted by Crippen LogP contribution is 2.36. The summed E-state index contributed by atoms with van der Waals surface area (Å²) in [5.74, 6) is 0.684. The van der Waals surface area contributed by atoms with Crippen LogP contribution in [-0.4, -0.2) is 123 Å². The number of aromatic nitrogens is 5. The summed E-state index contributed by atoms with van der Waals surface area (Å²) in [6.45, 7) is 4.83. The number of hydrogen-bond donors (Lipinski definition) is 2. The Morgan fingerprint density at radius 2 is 1.76 bits per heavy atom. The first-order valence-corrected chi connectivity index (χ1v) is 22.2. The van der Waals surface area contributed by atoms with E-state index in [9.17, 15) is 28.0 Å². The molecular formula is C43H52ClF2N11O5. The number of imide groups is 1. The molecule has 62 heavy (non-hydrogen) atoms. The van der Waals surface area contributed by atoms with Gasteiger partial charge in [-0.1, -0.05) is 11.6 Å². The number of alkyl halides is 2. The second-order valence-corrected chi connectivity index (χ2v) is 17.9. The quantitative estimate of drug-likeness (QED) is 0.168. The normalized spacial score (nSPS) is 23.5. The predicted molar refractivity (Wildman–Crippen MR) is 227 cm³/mol. The number of carbonyl (C=O) groups excluding carboxylic acids is 4. The number of rotatable bonds is 12. The fraction of sp³-hybridized carbons (Fsp3) is 0.558. The maximum atomic E-state index is 14.3. The van der Waals surface area contributed by atoms with Gasteiger partial charge in [0, 0.05) is 63.6 Å². The number of fused-ring (bicyclic) bond motifs is 3. The van der Waals surface area contributed by atoms with Gasteiger partial charge in [0.05, 0.1) is 40.8 Å². The fourth-order valence-corrected chi connectivity index (χ4v) is 10.0. The Kier molecular flexibility index (Phi) is 12.1. The monoisotopic (exact) mass is 875 g/mol. The van der Waals surface area contributed by atoms with E-state index in [1.807, 2.05) is 11.0 Å². The van der Waals surface area contributed by atoms with Gasteiger partial charge in [-0.05, 0) is 107 Å². The van der Waals surface area contributed by atoms with E-state index in [1.165, 1.54) is 21.8 Å². The number of benzene rings is 1. The smallest absolute Gasteiger partial charge is 0.328 e. The Morgan fingerprint density at radius 1 is 1.00 bits per heavy atom. The van der Waals surface area contributed by atoms with Gasteiger partial charge in [0.25, 0.3) is 18.2 Å². The van der Waals surface area contributed by atoms with E-state index < -0.39 is 24.1 Å². The Hall–Kier alpha value is -5.20. The van der Waals surface area contributed by atoms with Crippen LogP contribution in [0.2, 0.25) is 5.02 Å². The van der Waals surface area contributed by atoms with Crippen LogP contribution in [0.4, 0.5) is 30.8 Å². The molecule has 0 spiro atoms. The van der Waals surface area contributed by atoms with Crippen LogP contribution in [0.1, 0.15) is 103 Å². The van der Waals surface area contributed by atoms with Crippen LogP contribution >= 0.6 is 11.6 Å². The first kappa shape index (κ1) is 42.1. The van der Waals surface area contributed by atoms with Gasteiger partial charge in [-0.3, -0.25) is 29.3 Å². The number of urea groups is 1. The van der Waals surface area contributed by atoms with E-state index in [-0.39, 0.29) is 54.3 Å². The molecule has 2 N–H and O–H groups in total. The fourth-order valence-electron chi connectivity index (χ4n) is 9.82. The van der Waals surface area contributed by atoms with E-state index in [0.717, 1.165) is 89.8 Å². The molecule has 2 unspecified atom stereocenters. The zero-order chi connectivity index (χ0) is 43.1. The van der Waals surface area contributed by atoms with Crippen molar-refractivity contribution in [1.29, 1.82) is 0 Å². The Morgan fingerprint density at radius 3 is 2.48 bits per heavy atom. The van der Waals surface area contributed by atoms with Gasteiger partial charge in [0.2, 0.25) is 5.91 Å². The third-order valence-electron chi connectivity index (χ3n) is 13.3. The molecule has 16 nitrogen and oxygen atoms in total. The number of ether oxygens (including phenoxy) is 1. The minimum absolute atomic E-state index is 0.00980. The Bertz CT molecular complexity index is 2310. The first-order valence-electron chi connectivity index (χ1n) is 21.8. The number of anilines is 3. The highest BCUT2D eigenvalue weighted by molar-refractivity contribution is 6.34. The van der Waals surface area contributed by atoms with Gasteiger partial charge in [-0.15, -0.1) is 0 Å². The van der Waals surface area contributed by atoms with Crippen molar-refractivity contribution < 1.29 is 32.7 Å². The molecular weight excluding hydrogens is 824 g/mol. The van der Waals surface area contributed by atoms with E-state index in [2.05, 4.69) is 37.7 Å². The van der Waals surface area contributed by atoms with Crippen molar-refractivity contribution in [3.05, 3.63) is 64.7 Å². The second kappa shape index (κ2) is 17.9. The van der Waals surface area contributed by atoms with Gasteiger partial charge in [-0.2, -0.15) is 10.2 Å². The van der Waals surface area contributed by atoms with Crippen molar-refractivity contribution in [3.8, 4) is 0 Å². The highest BCUT2D eigenvalue weighted by atomic mass is 35.5. The number of piperidine rings is 1. The summed E-state index contributed by atoms with van der Waals surface area (Å²) >= 11 is 6.39. The molecule has 1 aromatic carbocycles. The van der Waals surface area contributed by atoms with E-state index in [1.54, 1.807) is 29.1 Å². The summed E-state index contributed by atoms with van der Waals surface area (Å²) in [5, 5.41) is 13.9. The molecule has 1 saturated carbocycles. The van der Waals surface area contributed by atoms with Gasteiger partial charge in [-0.25, -0.2) is 23.1 Å². The second-order valence-electron chi connectivity index (χ2n) is 17.5. The number of halogens is 3. The van der Waals surface area contributed by atoms with Crippen molar-refractivity contribution in [2.45, 2.75) is 88.9 Å². The molecule has 5 amide bonds. The third-order valence-corrected chi connectivity index (χ3v) is 13.6. The van der Waals surface area contributed by atoms with Crippen molar-refractivity contribution >= 4 is 58.2 Å². The van der Waals surface area contributed by atoms with Crippen LogP contribution in [0.15, 0.2) is 42.9 Å². The maximum absolute atomic E-state index is 14.3. The molecule has 2 bridgehead atoms. The van der Waals surface area contributed by atoms with E-state index >= 15 is 0 Å². The lowest BCUT2D eigenvalue weighted by molar-refractivity contribution is -0.120. The van der Waals surface area contributed by atoms with Gasteiger partial charge in [0.1, 0.15) is 11.4 Å². The molecule has 19 heteroatoms. The van der Waals surface area contributed by atoms with E-state index in [0.29, 0.717) is 46.8 Å². The van der Waals surface area contributed by atoms with Crippen LogP contribution in [0.5, 0.6) is 0 Å². The summed E-state index contributed by atoms with van der Waals surface area (Å²) in [5.41, 5.74) is 0.949. The standard InChI is InChI=1S/C43H52ClF2N11O5/c1-52(15-10-26-11-16-53(17-12-26)42(60)28-4-9-33(44)35(20-28)55-18-14-37(58)50-43(55)61)22-27-2-5-29(6-3-27)57-25-34(38(51-57)39(45)46)48-41(59)32-21-47-56-19-13-36(49-40(32)56)54-23-30-7-8-31(24-54)62-30/h4,9,13,19-21,25-27,29-31,39H,2-3,5-8,10-12,14-18,22-24H2,1H3,(H,48,59)(H,50,58,61). The van der Waals surface area contributed by atoms with Gasteiger partial charge in [0.15, 0.2) is 11.3 Å². The van der Waals surface area contributed by atoms with Crippen LogP contribution in [0.3, 0.4) is 0 Å². The zero-order valence-corrected chi connectivity index (χ0v) is 35.5. The molecule has 1 aliphatic carbocycles. The maximum Gasteiger partial charge on any atom is 0.328 e. The van der Waals surface area contributed by atoms with Crippen LogP contribution in [0.25, 0.3) is 5.65 Å². The van der Waals surface area contributed by atoms with Crippen LogP contribution < -0.4 is 20.4 Å². The molecule has 3 aromatic heterocycles. The summed E-state index contributed by atoms with van der Waals surface area (Å²) in [6.07, 6.45) is 10.7. The van der Waals surface area contributed by atoms with Crippen molar-refractivity contribution in [2.75, 3.05) is 68.0 Å². The van der Waals surface area contributed by atoms with Gasteiger partial charge < -0.3 is 24.8 Å². The van der Waals surface area contributed by atoms with Gasteiger partial charge >= 0.3 is 6.03 Å². The molecule has 330 valence electrons. The molecule has 5 aliphatic rings. The zero-order valence-electron chi connectivity index (χ0n) is 34.7.